The number of hydrogen-bond acceptors (Lipinski definition) is 4. The summed E-state index contributed by atoms with van der Waals surface area (Å²) in [7, 11) is 1.57. The van der Waals surface area contributed by atoms with Crippen LogP contribution in [0.3, 0.4) is 0 Å². The Morgan fingerprint density at radius 2 is 2.04 bits per heavy atom. The Labute approximate surface area is 173 Å². The number of methoxy groups -OCH3 is 1. The summed E-state index contributed by atoms with van der Waals surface area (Å²) in [5, 5.41) is 4.52. The zero-order valence-corrected chi connectivity index (χ0v) is 17.2. The van der Waals surface area contributed by atoms with Crippen LogP contribution in [0, 0.1) is 0 Å². The summed E-state index contributed by atoms with van der Waals surface area (Å²) in [4.78, 5) is 18.6. The first-order valence-corrected chi connectivity index (χ1v) is 10.7. The number of thioether (sulfide) groups is 1. The first kappa shape index (κ1) is 19.1. The largest absolute Gasteiger partial charge is 0.495 e. The fourth-order valence-electron chi connectivity index (χ4n) is 3.57. The molecule has 2 aromatic carbocycles. The molecule has 1 N–H and O–H groups in total. The van der Waals surface area contributed by atoms with E-state index in [0.29, 0.717) is 22.2 Å². The average Bonchev–Trinajstić information content (AvgIpc) is 2.71. The van der Waals surface area contributed by atoms with Crippen molar-refractivity contribution < 1.29 is 9.53 Å². The highest BCUT2D eigenvalue weighted by atomic mass is 35.5. The van der Waals surface area contributed by atoms with Crippen LogP contribution in [-0.2, 0) is 17.6 Å². The SMILES string of the molecule is COc1ccc(NC(=O)CSc2c3c(nc4ccccc24)CCCC3)cc1Cl. The minimum absolute atomic E-state index is 0.0586. The number of aryl methyl sites for hydroxylation is 1. The molecule has 0 fully saturated rings. The number of hydrogen-bond donors (Lipinski definition) is 1. The van der Waals surface area contributed by atoms with Gasteiger partial charge in [-0.15, -0.1) is 11.8 Å². The molecule has 3 aromatic rings. The highest BCUT2D eigenvalue weighted by Crippen LogP contribution is 2.36. The molecule has 0 saturated heterocycles. The van der Waals surface area contributed by atoms with Crippen molar-refractivity contribution >= 4 is 45.9 Å². The van der Waals surface area contributed by atoms with Gasteiger partial charge in [0.25, 0.3) is 0 Å². The number of ether oxygens (including phenoxy) is 1. The van der Waals surface area contributed by atoms with Crippen LogP contribution in [0.25, 0.3) is 10.9 Å². The molecule has 0 saturated carbocycles. The average molecular weight is 413 g/mol. The number of halogens is 1. The second-order valence-corrected chi connectivity index (χ2v) is 8.17. The van der Waals surface area contributed by atoms with E-state index in [1.165, 1.54) is 29.0 Å². The number of amides is 1. The van der Waals surface area contributed by atoms with Gasteiger partial charge in [-0.1, -0.05) is 29.8 Å². The molecule has 1 aliphatic carbocycles. The van der Waals surface area contributed by atoms with E-state index in [1.54, 1.807) is 37.1 Å². The van der Waals surface area contributed by atoms with Gasteiger partial charge in [0, 0.05) is 21.7 Å². The Morgan fingerprint density at radius 1 is 1.21 bits per heavy atom. The summed E-state index contributed by atoms with van der Waals surface area (Å²) in [5.41, 5.74) is 4.18. The van der Waals surface area contributed by atoms with Gasteiger partial charge in [0.2, 0.25) is 5.91 Å². The molecule has 0 unspecified atom stereocenters. The highest BCUT2D eigenvalue weighted by Gasteiger charge is 2.19. The predicted molar refractivity (Wildman–Crippen MR) is 116 cm³/mol. The van der Waals surface area contributed by atoms with Crippen LogP contribution in [-0.4, -0.2) is 23.8 Å². The molecule has 4 nitrogen and oxygen atoms in total. The van der Waals surface area contributed by atoms with Gasteiger partial charge in [0.05, 0.1) is 23.4 Å². The van der Waals surface area contributed by atoms with Crippen molar-refractivity contribution in [1.29, 1.82) is 0 Å². The molecule has 0 aliphatic heterocycles. The summed E-state index contributed by atoms with van der Waals surface area (Å²) >= 11 is 7.74. The van der Waals surface area contributed by atoms with Gasteiger partial charge < -0.3 is 10.1 Å². The molecule has 0 spiro atoms. The second kappa shape index (κ2) is 8.41. The fraction of sp³-hybridized carbons (Fsp3) is 0.273. The van der Waals surface area contributed by atoms with E-state index in [1.807, 2.05) is 18.2 Å². The number of anilines is 1. The molecule has 4 rings (SSSR count). The van der Waals surface area contributed by atoms with Crippen molar-refractivity contribution in [2.45, 2.75) is 30.6 Å². The van der Waals surface area contributed by atoms with Crippen LogP contribution in [0.5, 0.6) is 5.75 Å². The van der Waals surface area contributed by atoms with Gasteiger partial charge in [-0.2, -0.15) is 0 Å². The number of benzene rings is 2. The van der Waals surface area contributed by atoms with Crippen LogP contribution in [0.2, 0.25) is 5.02 Å². The number of para-hydroxylation sites is 1. The predicted octanol–water partition coefficient (Wildman–Crippen LogP) is 5.51. The molecule has 1 heterocycles. The molecule has 1 amide bonds. The standard InChI is InChI=1S/C22H21ClN2O2S/c1-27-20-11-10-14(12-17(20)23)24-21(26)13-28-22-15-6-2-4-8-18(15)25-19-9-5-3-7-16(19)22/h2,4,6,8,10-12H,3,5,7,9,13H2,1H3,(H,24,26). The van der Waals surface area contributed by atoms with Gasteiger partial charge in [0.1, 0.15) is 5.75 Å². The van der Waals surface area contributed by atoms with Crippen LogP contribution in [0.4, 0.5) is 5.69 Å². The molecule has 28 heavy (non-hydrogen) atoms. The summed E-state index contributed by atoms with van der Waals surface area (Å²) in [6, 6.07) is 13.4. The van der Waals surface area contributed by atoms with E-state index < -0.39 is 0 Å². The Morgan fingerprint density at radius 3 is 2.86 bits per heavy atom. The topological polar surface area (TPSA) is 51.2 Å². The molecule has 0 radical (unpaired) electrons. The summed E-state index contributed by atoms with van der Waals surface area (Å²) in [6.07, 6.45) is 4.41. The lowest BCUT2D eigenvalue weighted by atomic mass is 9.94. The van der Waals surface area contributed by atoms with E-state index in [-0.39, 0.29) is 5.91 Å². The third-order valence-electron chi connectivity index (χ3n) is 4.90. The van der Waals surface area contributed by atoms with Gasteiger partial charge in [0.15, 0.2) is 0 Å². The number of carbonyl (C=O) groups excluding carboxylic acids is 1. The number of fused-ring (bicyclic) bond motifs is 2. The Hall–Kier alpha value is -2.24. The van der Waals surface area contributed by atoms with E-state index in [0.717, 1.165) is 23.7 Å². The third kappa shape index (κ3) is 3.96. The number of rotatable bonds is 5. The lowest BCUT2D eigenvalue weighted by Crippen LogP contribution is -2.15. The van der Waals surface area contributed by atoms with Crippen molar-refractivity contribution in [2.24, 2.45) is 0 Å². The maximum Gasteiger partial charge on any atom is 0.234 e. The number of carbonyl (C=O) groups is 1. The minimum Gasteiger partial charge on any atom is -0.495 e. The maximum atomic E-state index is 12.5. The van der Waals surface area contributed by atoms with Crippen molar-refractivity contribution in [3.8, 4) is 5.75 Å². The van der Waals surface area contributed by atoms with Crippen molar-refractivity contribution in [1.82, 2.24) is 4.98 Å². The fourth-order valence-corrected chi connectivity index (χ4v) is 4.90. The van der Waals surface area contributed by atoms with Crippen LogP contribution in [0.1, 0.15) is 24.1 Å². The molecule has 0 atom stereocenters. The second-order valence-electron chi connectivity index (χ2n) is 6.78. The van der Waals surface area contributed by atoms with Crippen LogP contribution >= 0.6 is 23.4 Å². The van der Waals surface area contributed by atoms with Crippen molar-refractivity contribution in [2.75, 3.05) is 18.2 Å². The quantitative estimate of drug-likeness (QED) is 0.561. The lowest BCUT2D eigenvalue weighted by molar-refractivity contribution is -0.113. The number of aromatic nitrogens is 1. The first-order valence-electron chi connectivity index (χ1n) is 9.32. The molecule has 1 aromatic heterocycles. The van der Waals surface area contributed by atoms with Gasteiger partial charge >= 0.3 is 0 Å². The monoisotopic (exact) mass is 412 g/mol. The Kier molecular flexibility index (Phi) is 5.74. The van der Waals surface area contributed by atoms with Crippen molar-refractivity contribution in [3.63, 3.8) is 0 Å². The first-order chi connectivity index (χ1) is 13.7. The normalized spacial score (nSPS) is 13.2. The maximum absolute atomic E-state index is 12.5. The minimum atomic E-state index is -0.0586. The Balaban J connectivity index is 1.54. The molecular formula is C22H21ClN2O2S. The van der Waals surface area contributed by atoms with Gasteiger partial charge in [-0.05, 0) is 55.5 Å². The molecular weight excluding hydrogens is 392 g/mol. The van der Waals surface area contributed by atoms with E-state index >= 15 is 0 Å². The highest BCUT2D eigenvalue weighted by molar-refractivity contribution is 8.00. The number of pyridine rings is 1. The van der Waals surface area contributed by atoms with E-state index in [9.17, 15) is 4.79 Å². The van der Waals surface area contributed by atoms with Crippen LogP contribution in [0.15, 0.2) is 47.4 Å². The van der Waals surface area contributed by atoms with Gasteiger partial charge in [-0.3, -0.25) is 9.78 Å². The molecule has 1 aliphatic rings. The summed E-state index contributed by atoms with van der Waals surface area (Å²) < 4.78 is 5.15. The van der Waals surface area contributed by atoms with Crippen molar-refractivity contribution in [3.05, 3.63) is 58.7 Å². The van der Waals surface area contributed by atoms with E-state index in [2.05, 4.69) is 11.4 Å². The molecule has 6 heteroatoms. The molecule has 0 bridgehead atoms. The lowest BCUT2D eigenvalue weighted by Gasteiger charge is -2.20. The summed E-state index contributed by atoms with van der Waals surface area (Å²) in [5.74, 6) is 0.866. The molecule has 144 valence electrons. The third-order valence-corrected chi connectivity index (χ3v) is 6.36. The Bertz CT molecular complexity index is 1040. The van der Waals surface area contributed by atoms with Gasteiger partial charge in [-0.25, -0.2) is 0 Å². The van der Waals surface area contributed by atoms with E-state index in [4.69, 9.17) is 21.3 Å². The van der Waals surface area contributed by atoms with Crippen LogP contribution < -0.4 is 10.1 Å². The zero-order chi connectivity index (χ0) is 19.5. The zero-order valence-electron chi connectivity index (χ0n) is 15.6. The number of nitrogens with one attached hydrogen (secondary N) is 1. The number of nitrogens with zero attached hydrogens (tertiary/aromatic N) is 1. The summed E-state index contributed by atoms with van der Waals surface area (Å²) in [6.45, 7) is 0. The smallest absolute Gasteiger partial charge is 0.234 e.